The number of carbonyl (C=O) groups is 2. The van der Waals surface area contributed by atoms with Gasteiger partial charge in [0.1, 0.15) is 0 Å². The molecule has 0 aliphatic carbocycles. The first kappa shape index (κ1) is 21.3. The smallest absolute Gasteiger partial charge is 0.251 e. The third-order valence-corrected chi connectivity index (χ3v) is 5.83. The molecule has 1 heterocycles. The molecule has 1 N–H and O–H groups in total. The molecule has 0 spiro atoms. The van der Waals surface area contributed by atoms with Gasteiger partial charge in [-0.3, -0.25) is 14.5 Å². The number of nitrogens with zero attached hydrogens (tertiary/aromatic N) is 2. The van der Waals surface area contributed by atoms with Gasteiger partial charge in [-0.2, -0.15) is 0 Å². The SMILES string of the molecule is CCN(CC)[C@@H](CNC(=O)c1ccc(N2CCCC2=O)cc1)c1ccccc1Cl. The molecule has 3 rings (SSSR count). The molecule has 1 aliphatic rings. The normalized spacial score (nSPS) is 15.0. The maximum absolute atomic E-state index is 12.7. The van der Waals surface area contributed by atoms with Crippen molar-refractivity contribution in [2.24, 2.45) is 0 Å². The van der Waals surface area contributed by atoms with Gasteiger partial charge >= 0.3 is 0 Å². The summed E-state index contributed by atoms with van der Waals surface area (Å²) >= 11 is 6.43. The van der Waals surface area contributed by atoms with E-state index in [4.69, 9.17) is 11.6 Å². The summed E-state index contributed by atoms with van der Waals surface area (Å²) in [5.74, 6) is 0.0116. The van der Waals surface area contributed by atoms with Crippen LogP contribution >= 0.6 is 11.6 Å². The Morgan fingerprint density at radius 3 is 2.41 bits per heavy atom. The maximum Gasteiger partial charge on any atom is 0.251 e. The summed E-state index contributed by atoms with van der Waals surface area (Å²) in [5.41, 5.74) is 2.44. The fraction of sp³-hybridized carbons (Fsp3) is 0.391. The predicted molar refractivity (Wildman–Crippen MR) is 117 cm³/mol. The number of halogens is 1. The summed E-state index contributed by atoms with van der Waals surface area (Å²) in [4.78, 5) is 28.7. The van der Waals surface area contributed by atoms with Crippen molar-refractivity contribution in [1.82, 2.24) is 10.2 Å². The highest BCUT2D eigenvalue weighted by Crippen LogP contribution is 2.27. The molecule has 0 radical (unpaired) electrons. The second kappa shape index (κ2) is 9.90. The molecule has 29 heavy (non-hydrogen) atoms. The molecule has 1 fully saturated rings. The van der Waals surface area contributed by atoms with Crippen LogP contribution in [-0.2, 0) is 4.79 Å². The number of rotatable bonds is 8. The monoisotopic (exact) mass is 413 g/mol. The van der Waals surface area contributed by atoms with Gasteiger partial charge in [0, 0.05) is 35.8 Å². The number of nitrogens with one attached hydrogen (secondary N) is 1. The van der Waals surface area contributed by atoms with Crippen LogP contribution in [0.5, 0.6) is 0 Å². The van der Waals surface area contributed by atoms with Gasteiger partial charge in [0.2, 0.25) is 5.91 Å². The average Bonchev–Trinajstić information content (AvgIpc) is 3.17. The zero-order valence-corrected chi connectivity index (χ0v) is 17.8. The van der Waals surface area contributed by atoms with Gasteiger partial charge in [-0.25, -0.2) is 0 Å². The van der Waals surface area contributed by atoms with E-state index < -0.39 is 0 Å². The van der Waals surface area contributed by atoms with Crippen LogP contribution in [0, 0.1) is 0 Å². The average molecular weight is 414 g/mol. The molecule has 0 saturated carbocycles. The van der Waals surface area contributed by atoms with Crippen LogP contribution in [-0.4, -0.2) is 42.9 Å². The Balaban J connectivity index is 1.69. The topological polar surface area (TPSA) is 52.7 Å². The molecule has 154 valence electrons. The number of benzene rings is 2. The van der Waals surface area contributed by atoms with Gasteiger partial charge in [0.25, 0.3) is 5.91 Å². The van der Waals surface area contributed by atoms with Gasteiger partial charge in [-0.05, 0) is 55.4 Å². The predicted octanol–water partition coefficient (Wildman–Crippen LogP) is 4.28. The van der Waals surface area contributed by atoms with E-state index in [2.05, 4.69) is 24.1 Å². The molecule has 0 bridgehead atoms. The minimum atomic E-state index is -0.131. The third-order valence-electron chi connectivity index (χ3n) is 5.49. The summed E-state index contributed by atoms with van der Waals surface area (Å²) in [6.07, 6.45) is 1.48. The van der Waals surface area contributed by atoms with Crippen LogP contribution in [0.4, 0.5) is 5.69 Å². The highest BCUT2D eigenvalue weighted by molar-refractivity contribution is 6.31. The minimum Gasteiger partial charge on any atom is -0.350 e. The first-order valence-electron chi connectivity index (χ1n) is 10.2. The Bertz CT molecular complexity index is 849. The van der Waals surface area contributed by atoms with E-state index in [1.807, 2.05) is 36.4 Å². The van der Waals surface area contributed by atoms with E-state index in [9.17, 15) is 9.59 Å². The van der Waals surface area contributed by atoms with Gasteiger partial charge in [0.15, 0.2) is 0 Å². The second-order valence-corrected chi connectivity index (χ2v) is 7.57. The molecular weight excluding hydrogens is 386 g/mol. The number of likely N-dealkylation sites (N-methyl/N-ethyl adjacent to an activating group) is 1. The standard InChI is InChI=1S/C23H28ClN3O2/c1-3-26(4-2)21(19-8-5-6-9-20(19)24)16-25-23(29)17-11-13-18(14-12-17)27-15-7-10-22(27)28/h5-6,8-9,11-14,21H,3-4,7,10,15-16H2,1-2H3,(H,25,29)/t21-/m0/s1. The van der Waals surface area contributed by atoms with Crippen LogP contribution in [0.3, 0.4) is 0 Å². The summed E-state index contributed by atoms with van der Waals surface area (Å²) < 4.78 is 0. The quantitative estimate of drug-likeness (QED) is 0.702. The van der Waals surface area contributed by atoms with Crippen molar-refractivity contribution in [3.05, 3.63) is 64.7 Å². The summed E-state index contributed by atoms with van der Waals surface area (Å²) in [7, 11) is 0. The van der Waals surface area contributed by atoms with Crippen molar-refractivity contribution < 1.29 is 9.59 Å². The van der Waals surface area contributed by atoms with Crippen LogP contribution < -0.4 is 10.2 Å². The molecule has 0 unspecified atom stereocenters. The van der Waals surface area contributed by atoms with E-state index in [-0.39, 0.29) is 17.9 Å². The van der Waals surface area contributed by atoms with E-state index in [1.165, 1.54) is 0 Å². The van der Waals surface area contributed by atoms with E-state index >= 15 is 0 Å². The Hall–Kier alpha value is -2.37. The maximum atomic E-state index is 12.7. The van der Waals surface area contributed by atoms with Crippen molar-refractivity contribution in [1.29, 1.82) is 0 Å². The fourth-order valence-corrected chi connectivity index (χ4v) is 4.11. The van der Waals surface area contributed by atoms with Crippen molar-refractivity contribution in [2.75, 3.05) is 31.1 Å². The van der Waals surface area contributed by atoms with Crippen molar-refractivity contribution >= 4 is 29.1 Å². The Morgan fingerprint density at radius 2 is 1.83 bits per heavy atom. The van der Waals surface area contributed by atoms with Crippen LogP contribution in [0.25, 0.3) is 0 Å². The van der Waals surface area contributed by atoms with Crippen molar-refractivity contribution in [3.63, 3.8) is 0 Å². The fourth-order valence-electron chi connectivity index (χ4n) is 3.85. The number of hydrogen-bond acceptors (Lipinski definition) is 3. The van der Waals surface area contributed by atoms with Crippen molar-refractivity contribution in [2.45, 2.75) is 32.7 Å². The number of carbonyl (C=O) groups excluding carboxylic acids is 2. The van der Waals surface area contributed by atoms with Gasteiger partial charge in [-0.1, -0.05) is 43.6 Å². The molecule has 1 saturated heterocycles. The minimum absolute atomic E-state index is 0.00384. The number of amides is 2. The van der Waals surface area contributed by atoms with Crippen molar-refractivity contribution in [3.8, 4) is 0 Å². The third kappa shape index (κ3) is 4.98. The van der Waals surface area contributed by atoms with Crippen LogP contribution in [0.15, 0.2) is 48.5 Å². The van der Waals surface area contributed by atoms with Crippen LogP contribution in [0.2, 0.25) is 5.02 Å². The lowest BCUT2D eigenvalue weighted by molar-refractivity contribution is -0.117. The summed E-state index contributed by atoms with van der Waals surface area (Å²) in [6, 6.07) is 15.0. The van der Waals surface area contributed by atoms with Crippen LogP contribution in [0.1, 0.15) is 48.7 Å². The Kier molecular flexibility index (Phi) is 7.29. The van der Waals surface area contributed by atoms with E-state index in [0.29, 0.717) is 23.6 Å². The number of anilines is 1. The van der Waals surface area contributed by atoms with Gasteiger partial charge < -0.3 is 10.2 Å². The number of hydrogen-bond donors (Lipinski definition) is 1. The first-order chi connectivity index (χ1) is 14.0. The molecular formula is C23H28ClN3O2. The molecule has 6 heteroatoms. The van der Waals surface area contributed by atoms with Gasteiger partial charge in [0.05, 0.1) is 6.04 Å². The van der Waals surface area contributed by atoms with Gasteiger partial charge in [-0.15, -0.1) is 0 Å². The molecule has 1 atom stereocenters. The highest BCUT2D eigenvalue weighted by Gasteiger charge is 2.23. The highest BCUT2D eigenvalue weighted by atomic mass is 35.5. The molecule has 2 aromatic carbocycles. The first-order valence-corrected chi connectivity index (χ1v) is 10.6. The lowest BCUT2D eigenvalue weighted by Gasteiger charge is -2.31. The summed E-state index contributed by atoms with van der Waals surface area (Å²) in [6.45, 7) is 7.15. The molecule has 1 aliphatic heterocycles. The van der Waals surface area contributed by atoms with E-state index in [0.717, 1.165) is 37.3 Å². The van der Waals surface area contributed by atoms with E-state index in [1.54, 1.807) is 17.0 Å². The molecule has 2 amide bonds. The zero-order valence-electron chi connectivity index (χ0n) is 17.0. The molecule has 5 nitrogen and oxygen atoms in total. The Morgan fingerprint density at radius 1 is 1.14 bits per heavy atom. The molecule has 2 aromatic rings. The lowest BCUT2D eigenvalue weighted by Crippen LogP contribution is -2.38. The summed E-state index contributed by atoms with van der Waals surface area (Å²) in [5, 5.41) is 3.76. The molecule has 0 aromatic heterocycles. The zero-order chi connectivity index (χ0) is 20.8. The largest absolute Gasteiger partial charge is 0.350 e. The Labute approximate surface area is 177 Å². The second-order valence-electron chi connectivity index (χ2n) is 7.16. The lowest BCUT2D eigenvalue weighted by atomic mass is 10.0.